The van der Waals surface area contributed by atoms with Crippen LogP contribution in [0.3, 0.4) is 0 Å². The summed E-state index contributed by atoms with van der Waals surface area (Å²) >= 11 is 0. The van der Waals surface area contributed by atoms with Gasteiger partial charge in [0, 0.05) is 23.6 Å². The van der Waals surface area contributed by atoms with Gasteiger partial charge in [-0.25, -0.2) is 0 Å². The van der Waals surface area contributed by atoms with E-state index in [9.17, 15) is 5.11 Å². The van der Waals surface area contributed by atoms with Gasteiger partial charge in [-0.3, -0.25) is 9.88 Å². The van der Waals surface area contributed by atoms with Crippen molar-refractivity contribution in [3.8, 4) is 0 Å². The number of rotatable bonds is 7. The molecule has 0 saturated heterocycles. The van der Waals surface area contributed by atoms with Crippen molar-refractivity contribution in [2.75, 3.05) is 18.8 Å². The summed E-state index contributed by atoms with van der Waals surface area (Å²) in [6, 6.07) is 1.75. The van der Waals surface area contributed by atoms with Gasteiger partial charge in [-0.05, 0) is 32.0 Å². The van der Waals surface area contributed by atoms with Crippen molar-refractivity contribution in [1.29, 1.82) is 0 Å². The molecule has 1 aromatic heterocycles. The van der Waals surface area contributed by atoms with Crippen LogP contribution in [0.25, 0.3) is 0 Å². The largest absolute Gasteiger partial charge is 0.398 e. The minimum absolute atomic E-state index is 0.277. The Kier molecular flexibility index (Phi) is 5.76. The summed E-state index contributed by atoms with van der Waals surface area (Å²) in [6.45, 7) is 10.3. The maximum Gasteiger partial charge on any atom is 0.101 e. The minimum atomic E-state index is -0.615. The molecule has 0 amide bonds. The highest BCUT2D eigenvalue weighted by Gasteiger charge is 2.40. The highest BCUT2D eigenvalue weighted by molar-refractivity contribution is 5.46. The molecule has 0 aromatic carbocycles. The quantitative estimate of drug-likeness (QED) is 0.795. The van der Waals surface area contributed by atoms with Crippen LogP contribution < -0.4 is 5.73 Å². The second-order valence-corrected chi connectivity index (χ2v) is 4.89. The smallest absolute Gasteiger partial charge is 0.101 e. The van der Waals surface area contributed by atoms with Crippen molar-refractivity contribution in [2.24, 2.45) is 0 Å². The number of anilines is 1. The van der Waals surface area contributed by atoms with Gasteiger partial charge < -0.3 is 10.8 Å². The van der Waals surface area contributed by atoms with E-state index in [4.69, 9.17) is 5.73 Å². The summed E-state index contributed by atoms with van der Waals surface area (Å²) in [5, 5.41) is 10.9. The Morgan fingerprint density at radius 3 is 2.26 bits per heavy atom. The first-order chi connectivity index (χ1) is 9.07. The molecule has 0 saturated carbocycles. The molecule has 1 unspecified atom stereocenters. The van der Waals surface area contributed by atoms with Crippen LogP contribution in [0.5, 0.6) is 0 Å². The van der Waals surface area contributed by atoms with Crippen LogP contribution in [-0.2, 0) is 0 Å². The number of pyridine rings is 1. The van der Waals surface area contributed by atoms with E-state index in [1.807, 2.05) is 0 Å². The van der Waals surface area contributed by atoms with Crippen molar-refractivity contribution < 1.29 is 5.11 Å². The summed E-state index contributed by atoms with van der Waals surface area (Å²) in [6.07, 6.45) is 4.48. The summed E-state index contributed by atoms with van der Waals surface area (Å²) in [4.78, 5) is 6.42. The summed E-state index contributed by atoms with van der Waals surface area (Å²) in [5.74, 6) is 0. The molecule has 0 spiro atoms. The number of aliphatic hydroxyl groups excluding tert-OH is 1. The Labute approximate surface area is 116 Å². The molecule has 0 aliphatic rings. The molecule has 1 atom stereocenters. The molecule has 1 heterocycles. The molecule has 4 heteroatoms. The van der Waals surface area contributed by atoms with Gasteiger partial charge in [0.2, 0.25) is 0 Å². The Hall–Kier alpha value is -1.13. The fourth-order valence-corrected chi connectivity index (χ4v) is 3.05. The maximum absolute atomic E-state index is 10.9. The number of nitrogens with zero attached hydrogens (tertiary/aromatic N) is 2. The second-order valence-electron chi connectivity index (χ2n) is 4.89. The second kappa shape index (κ2) is 6.87. The van der Waals surface area contributed by atoms with E-state index in [0.29, 0.717) is 5.69 Å². The van der Waals surface area contributed by atoms with E-state index in [1.165, 1.54) is 0 Å². The van der Waals surface area contributed by atoms with Crippen molar-refractivity contribution >= 4 is 5.69 Å². The van der Waals surface area contributed by atoms with E-state index >= 15 is 0 Å². The lowest BCUT2D eigenvalue weighted by atomic mass is 9.81. The SMILES string of the molecule is CCN(CC)C(CC)(CC)C(O)c1cnccc1N. The first kappa shape index (κ1) is 15.9. The van der Waals surface area contributed by atoms with Crippen molar-refractivity contribution in [2.45, 2.75) is 52.2 Å². The maximum atomic E-state index is 10.9. The Balaban J connectivity index is 3.22. The molecule has 0 aliphatic carbocycles. The van der Waals surface area contributed by atoms with Crippen LogP contribution in [0.4, 0.5) is 5.69 Å². The molecule has 1 aromatic rings. The molecule has 3 N–H and O–H groups in total. The van der Waals surface area contributed by atoms with Crippen LogP contribution >= 0.6 is 0 Å². The zero-order valence-corrected chi connectivity index (χ0v) is 12.6. The highest BCUT2D eigenvalue weighted by Crippen LogP contribution is 2.38. The normalized spacial score (nSPS) is 13.8. The fraction of sp³-hybridized carbons (Fsp3) is 0.667. The van der Waals surface area contributed by atoms with Gasteiger partial charge in [0.15, 0.2) is 0 Å². The lowest BCUT2D eigenvalue weighted by Gasteiger charge is -2.46. The molecular formula is C15H27N3O. The van der Waals surface area contributed by atoms with E-state index < -0.39 is 6.10 Å². The molecule has 0 bridgehead atoms. The van der Waals surface area contributed by atoms with Gasteiger partial charge >= 0.3 is 0 Å². The Bertz CT molecular complexity index is 387. The molecule has 108 valence electrons. The van der Waals surface area contributed by atoms with Crippen LogP contribution in [0.1, 0.15) is 52.2 Å². The third kappa shape index (κ3) is 2.90. The standard InChI is InChI=1S/C15H27N3O/c1-5-15(6-2,18(7-3)8-4)14(19)12-11-17-10-9-13(12)16/h9-11,14,19H,5-8H2,1-4H3,(H2,16,17). The molecule has 1 rings (SSSR count). The summed E-state index contributed by atoms with van der Waals surface area (Å²) in [5.41, 5.74) is 7.06. The fourth-order valence-electron chi connectivity index (χ4n) is 3.05. The number of hydrogen-bond donors (Lipinski definition) is 2. The van der Waals surface area contributed by atoms with E-state index in [1.54, 1.807) is 18.5 Å². The van der Waals surface area contributed by atoms with Gasteiger partial charge in [-0.15, -0.1) is 0 Å². The van der Waals surface area contributed by atoms with E-state index in [-0.39, 0.29) is 5.54 Å². The number of hydrogen-bond acceptors (Lipinski definition) is 4. The number of aromatic nitrogens is 1. The summed E-state index contributed by atoms with van der Waals surface area (Å²) in [7, 11) is 0. The number of nitrogens with two attached hydrogens (primary N) is 1. The highest BCUT2D eigenvalue weighted by atomic mass is 16.3. The zero-order valence-electron chi connectivity index (χ0n) is 12.6. The van der Waals surface area contributed by atoms with Crippen LogP contribution in [-0.4, -0.2) is 33.6 Å². The number of likely N-dealkylation sites (N-methyl/N-ethyl adjacent to an activating group) is 1. The topological polar surface area (TPSA) is 62.4 Å². The molecule has 0 radical (unpaired) electrons. The molecule has 0 fully saturated rings. The zero-order chi connectivity index (χ0) is 14.5. The van der Waals surface area contributed by atoms with Crippen molar-refractivity contribution in [3.63, 3.8) is 0 Å². The Morgan fingerprint density at radius 1 is 1.26 bits per heavy atom. The lowest BCUT2D eigenvalue weighted by Crippen LogP contribution is -2.52. The first-order valence-electron chi connectivity index (χ1n) is 7.19. The first-order valence-corrected chi connectivity index (χ1v) is 7.19. The van der Waals surface area contributed by atoms with Gasteiger partial charge in [0.25, 0.3) is 0 Å². The van der Waals surface area contributed by atoms with Crippen LogP contribution in [0.15, 0.2) is 18.5 Å². The molecule has 4 nitrogen and oxygen atoms in total. The monoisotopic (exact) mass is 265 g/mol. The predicted octanol–water partition coefficient (Wildman–Crippen LogP) is 2.60. The summed E-state index contributed by atoms with van der Waals surface area (Å²) < 4.78 is 0. The number of aliphatic hydroxyl groups is 1. The van der Waals surface area contributed by atoms with Crippen molar-refractivity contribution in [1.82, 2.24) is 9.88 Å². The Morgan fingerprint density at radius 2 is 1.84 bits per heavy atom. The average molecular weight is 265 g/mol. The number of nitrogen functional groups attached to an aromatic ring is 1. The van der Waals surface area contributed by atoms with Gasteiger partial charge in [0.05, 0.1) is 5.54 Å². The van der Waals surface area contributed by atoms with E-state index in [2.05, 4.69) is 37.6 Å². The minimum Gasteiger partial charge on any atom is -0.398 e. The van der Waals surface area contributed by atoms with Gasteiger partial charge in [-0.2, -0.15) is 0 Å². The van der Waals surface area contributed by atoms with Crippen molar-refractivity contribution in [3.05, 3.63) is 24.0 Å². The van der Waals surface area contributed by atoms with Gasteiger partial charge in [-0.1, -0.05) is 27.7 Å². The third-order valence-corrected chi connectivity index (χ3v) is 4.31. The average Bonchev–Trinajstić information content (AvgIpc) is 2.44. The van der Waals surface area contributed by atoms with Crippen LogP contribution in [0, 0.1) is 0 Å². The lowest BCUT2D eigenvalue weighted by molar-refractivity contribution is -0.0364. The molecule has 19 heavy (non-hydrogen) atoms. The predicted molar refractivity (Wildman–Crippen MR) is 79.8 cm³/mol. The molecule has 0 aliphatic heterocycles. The molecular weight excluding hydrogens is 238 g/mol. The van der Waals surface area contributed by atoms with Gasteiger partial charge in [0.1, 0.15) is 6.10 Å². The van der Waals surface area contributed by atoms with E-state index in [0.717, 1.165) is 31.5 Å². The third-order valence-electron chi connectivity index (χ3n) is 4.31. The van der Waals surface area contributed by atoms with Crippen LogP contribution in [0.2, 0.25) is 0 Å².